The molecule has 0 fully saturated rings. The second-order valence-corrected chi connectivity index (χ2v) is 5.00. The molecule has 2 rings (SSSR count). The number of nitrogens with zero attached hydrogens (tertiary/aromatic N) is 1. The Balaban J connectivity index is 2.31. The highest BCUT2D eigenvalue weighted by Crippen LogP contribution is 2.25. The molecule has 2 aromatic carbocycles. The van der Waals surface area contributed by atoms with Crippen LogP contribution in [0.1, 0.15) is 5.56 Å². The van der Waals surface area contributed by atoms with Crippen LogP contribution in [0, 0.1) is 0 Å². The number of rotatable bonds is 4. The fraction of sp³-hybridized carbons (Fsp3) is 0.133. The average molecular weight is 309 g/mol. The molecule has 20 heavy (non-hydrogen) atoms. The molecule has 0 aliphatic carbocycles. The summed E-state index contributed by atoms with van der Waals surface area (Å²) in [5.41, 5.74) is 8.09. The van der Waals surface area contributed by atoms with Crippen LogP contribution in [0.25, 0.3) is 0 Å². The third kappa shape index (κ3) is 3.44. The normalized spacial score (nSPS) is 10.3. The van der Waals surface area contributed by atoms with Crippen LogP contribution in [0.15, 0.2) is 48.5 Å². The number of carbonyl (C=O) groups is 1. The standard InChI is InChI=1S/C15H14Cl2N2O/c16-9-15(20)19(14-4-2-1-3-13(14)18)10-11-5-7-12(17)8-6-11/h1-8H,9-10,18H2. The highest BCUT2D eigenvalue weighted by Gasteiger charge is 2.17. The van der Waals surface area contributed by atoms with Crippen LogP contribution in [-0.2, 0) is 11.3 Å². The molecule has 0 spiro atoms. The van der Waals surface area contributed by atoms with Crippen molar-refractivity contribution in [2.45, 2.75) is 6.54 Å². The Morgan fingerprint density at radius 2 is 1.75 bits per heavy atom. The lowest BCUT2D eigenvalue weighted by molar-refractivity contribution is -0.116. The van der Waals surface area contributed by atoms with E-state index in [0.29, 0.717) is 22.9 Å². The Kier molecular flexibility index (Phi) is 4.88. The van der Waals surface area contributed by atoms with Crippen LogP contribution in [0.4, 0.5) is 11.4 Å². The number of carbonyl (C=O) groups excluding carboxylic acids is 1. The first-order valence-corrected chi connectivity index (χ1v) is 6.98. The summed E-state index contributed by atoms with van der Waals surface area (Å²) >= 11 is 11.5. The molecule has 0 unspecified atom stereocenters. The summed E-state index contributed by atoms with van der Waals surface area (Å²) in [6.07, 6.45) is 0. The van der Waals surface area contributed by atoms with Crippen molar-refractivity contribution >= 4 is 40.5 Å². The van der Waals surface area contributed by atoms with E-state index in [2.05, 4.69) is 0 Å². The summed E-state index contributed by atoms with van der Waals surface area (Å²) in [4.78, 5) is 13.6. The average Bonchev–Trinajstić information content (AvgIpc) is 2.47. The first kappa shape index (κ1) is 14.7. The maximum atomic E-state index is 12.0. The van der Waals surface area contributed by atoms with Gasteiger partial charge >= 0.3 is 0 Å². The van der Waals surface area contributed by atoms with E-state index >= 15 is 0 Å². The van der Waals surface area contributed by atoms with Crippen LogP contribution < -0.4 is 10.6 Å². The van der Waals surface area contributed by atoms with Gasteiger partial charge in [0.1, 0.15) is 5.88 Å². The first-order valence-electron chi connectivity index (χ1n) is 6.07. The maximum absolute atomic E-state index is 12.0. The first-order chi connectivity index (χ1) is 9.61. The largest absolute Gasteiger partial charge is 0.397 e. The van der Waals surface area contributed by atoms with Gasteiger partial charge in [0.15, 0.2) is 0 Å². The van der Waals surface area contributed by atoms with E-state index in [-0.39, 0.29) is 11.8 Å². The molecule has 2 aromatic rings. The van der Waals surface area contributed by atoms with Crippen molar-refractivity contribution in [2.24, 2.45) is 0 Å². The number of anilines is 2. The van der Waals surface area contributed by atoms with Crippen LogP contribution in [0.2, 0.25) is 5.02 Å². The molecule has 0 radical (unpaired) electrons. The molecule has 2 N–H and O–H groups in total. The molecule has 0 aliphatic rings. The van der Waals surface area contributed by atoms with Gasteiger partial charge in [-0.05, 0) is 29.8 Å². The van der Waals surface area contributed by atoms with Crippen LogP contribution in [0.3, 0.4) is 0 Å². The second-order valence-electron chi connectivity index (χ2n) is 4.30. The third-order valence-electron chi connectivity index (χ3n) is 2.90. The van der Waals surface area contributed by atoms with Gasteiger partial charge in [-0.15, -0.1) is 11.6 Å². The van der Waals surface area contributed by atoms with E-state index in [0.717, 1.165) is 5.56 Å². The number of halogens is 2. The number of para-hydroxylation sites is 2. The maximum Gasteiger partial charge on any atom is 0.242 e. The van der Waals surface area contributed by atoms with Gasteiger partial charge in [0.25, 0.3) is 0 Å². The molecule has 104 valence electrons. The number of benzene rings is 2. The van der Waals surface area contributed by atoms with Crippen LogP contribution >= 0.6 is 23.2 Å². The summed E-state index contributed by atoms with van der Waals surface area (Å²) in [6.45, 7) is 0.400. The minimum atomic E-state index is -0.195. The lowest BCUT2D eigenvalue weighted by atomic mass is 10.2. The van der Waals surface area contributed by atoms with E-state index in [1.807, 2.05) is 24.3 Å². The minimum Gasteiger partial charge on any atom is -0.397 e. The summed E-state index contributed by atoms with van der Waals surface area (Å²) in [5.74, 6) is -0.290. The number of hydrogen-bond acceptors (Lipinski definition) is 2. The number of amides is 1. The van der Waals surface area contributed by atoms with Crippen molar-refractivity contribution in [3.63, 3.8) is 0 Å². The Hall–Kier alpha value is -1.71. The molecule has 0 aliphatic heterocycles. The van der Waals surface area contributed by atoms with E-state index in [1.54, 1.807) is 29.2 Å². The van der Waals surface area contributed by atoms with Crippen molar-refractivity contribution in [3.05, 3.63) is 59.1 Å². The van der Waals surface area contributed by atoms with Crippen LogP contribution in [0.5, 0.6) is 0 Å². The SMILES string of the molecule is Nc1ccccc1N(Cc1ccc(Cl)cc1)C(=O)CCl. The van der Waals surface area contributed by atoms with Gasteiger partial charge in [0.2, 0.25) is 5.91 Å². The Morgan fingerprint density at radius 3 is 2.35 bits per heavy atom. The van der Waals surface area contributed by atoms with E-state index in [1.165, 1.54) is 0 Å². The zero-order valence-corrected chi connectivity index (χ0v) is 12.2. The molecular formula is C15H14Cl2N2O. The van der Waals surface area contributed by atoms with Gasteiger partial charge in [0.05, 0.1) is 17.9 Å². The topological polar surface area (TPSA) is 46.3 Å². The van der Waals surface area contributed by atoms with E-state index in [9.17, 15) is 4.79 Å². The fourth-order valence-electron chi connectivity index (χ4n) is 1.89. The Bertz CT molecular complexity index is 599. The fourth-order valence-corrected chi connectivity index (χ4v) is 2.16. The molecular weight excluding hydrogens is 295 g/mol. The third-order valence-corrected chi connectivity index (χ3v) is 3.38. The second kappa shape index (κ2) is 6.64. The summed E-state index contributed by atoms with van der Waals surface area (Å²) in [7, 11) is 0. The molecule has 0 saturated carbocycles. The molecule has 0 saturated heterocycles. The van der Waals surface area contributed by atoms with Gasteiger partial charge < -0.3 is 10.6 Å². The van der Waals surface area contributed by atoms with Gasteiger partial charge in [-0.3, -0.25) is 4.79 Å². The van der Waals surface area contributed by atoms with Gasteiger partial charge in [-0.2, -0.15) is 0 Å². The van der Waals surface area contributed by atoms with E-state index in [4.69, 9.17) is 28.9 Å². The lowest BCUT2D eigenvalue weighted by Gasteiger charge is -2.23. The molecule has 0 atom stereocenters. The molecule has 0 bridgehead atoms. The van der Waals surface area contributed by atoms with Crippen molar-refractivity contribution in [1.29, 1.82) is 0 Å². The highest BCUT2D eigenvalue weighted by atomic mass is 35.5. The van der Waals surface area contributed by atoms with Gasteiger partial charge in [0, 0.05) is 5.02 Å². The molecule has 0 aromatic heterocycles. The monoisotopic (exact) mass is 308 g/mol. The number of nitrogen functional groups attached to an aromatic ring is 1. The quantitative estimate of drug-likeness (QED) is 0.691. The van der Waals surface area contributed by atoms with Gasteiger partial charge in [-0.1, -0.05) is 35.9 Å². The Morgan fingerprint density at radius 1 is 1.10 bits per heavy atom. The van der Waals surface area contributed by atoms with Crippen LogP contribution in [-0.4, -0.2) is 11.8 Å². The zero-order valence-electron chi connectivity index (χ0n) is 10.7. The van der Waals surface area contributed by atoms with Crippen molar-refractivity contribution in [2.75, 3.05) is 16.5 Å². The molecule has 0 heterocycles. The van der Waals surface area contributed by atoms with Crippen molar-refractivity contribution in [3.8, 4) is 0 Å². The van der Waals surface area contributed by atoms with Crippen molar-refractivity contribution < 1.29 is 4.79 Å². The highest BCUT2D eigenvalue weighted by molar-refractivity contribution is 6.30. The van der Waals surface area contributed by atoms with Crippen molar-refractivity contribution in [1.82, 2.24) is 0 Å². The molecule has 5 heteroatoms. The van der Waals surface area contributed by atoms with Gasteiger partial charge in [-0.25, -0.2) is 0 Å². The summed E-state index contributed by atoms with van der Waals surface area (Å²) in [6, 6.07) is 14.5. The summed E-state index contributed by atoms with van der Waals surface area (Å²) in [5, 5.41) is 0.656. The predicted octanol–water partition coefficient (Wildman–Crippen LogP) is 3.69. The predicted molar refractivity (Wildman–Crippen MR) is 84.2 cm³/mol. The number of nitrogens with two attached hydrogens (primary N) is 1. The smallest absolute Gasteiger partial charge is 0.242 e. The Labute approximate surface area is 127 Å². The molecule has 1 amide bonds. The molecule has 3 nitrogen and oxygen atoms in total. The zero-order chi connectivity index (χ0) is 14.5. The number of hydrogen-bond donors (Lipinski definition) is 1. The number of alkyl halides is 1. The summed E-state index contributed by atoms with van der Waals surface area (Å²) < 4.78 is 0. The minimum absolute atomic E-state index is 0.0953. The van der Waals surface area contributed by atoms with E-state index < -0.39 is 0 Å². The lowest BCUT2D eigenvalue weighted by Crippen LogP contribution is -2.32.